The van der Waals surface area contributed by atoms with E-state index in [-0.39, 0.29) is 0 Å². The molecule has 2 rings (SSSR count). The van der Waals surface area contributed by atoms with Gasteiger partial charge in [0, 0.05) is 12.4 Å². The van der Waals surface area contributed by atoms with E-state index in [1.165, 1.54) is 31.2 Å². The minimum absolute atomic E-state index is 0.340. The summed E-state index contributed by atoms with van der Waals surface area (Å²) in [5.41, 5.74) is 7.82. The summed E-state index contributed by atoms with van der Waals surface area (Å²) in [7, 11) is 0. The monoisotopic (exact) mass is 246 g/mol. The average molecular weight is 246 g/mol. The minimum atomic E-state index is 0.340. The van der Waals surface area contributed by atoms with Crippen LogP contribution in [-0.2, 0) is 6.42 Å². The highest BCUT2D eigenvalue weighted by molar-refractivity contribution is 5.13. The molecule has 2 heteroatoms. The third kappa shape index (κ3) is 3.11. The second-order valence-electron chi connectivity index (χ2n) is 6.32. The van der Waals surface area contributed by atoms with Crippen molar-refractivity contribution in [3.8, 4) is 0 Å². The van der Waals surface area contributed by atoms with E-state index >= 15 is 0 Å². The molecule has 0 bridgehead atoms. The highest BCUT2D eigenvalue weighted by Crippen LogP contribution is 2.42. The highest BCUT2D eigenvalue weighted by atomic mass is 14.6. The molecule has 1 heterocycles. The number of nitrogens with two attached hydrogens (primary N) is 1. The number of rotatable bonds is 4. The van der Waals surface area contributed by atoms with Crippen LogP contribution in [0.1, 0.15) is 45.1 Å². The van der Waals surface area contributed by atoms with Gasteiger partial charge in [-0.3, -0.25) is 4.98 Å². The second kappa shape index (κ2) is 5.83. The van der Waals surface area contributed by atoms with E-state index in [1.807, 2.05) is 12.4 Å². The van der Waals surface area contributed by atoms with Gasteiger partial charge in [0.05, 0.1) is 0 Å². The number of pyridine rings is 1. The molecule has 100 valence electrons. The molecule has 0 unspecified atom stereocenters. The third-order valence-electron chi connectivity index (χ3n) is 4.80. The predicted molar refractivity (Wildman–Crippen MR) is 76.2 cm³/mol. The van der Waals surface area contributed by atoms with Crippen molar-refractivity contribution in [2.24, 2.45) is 23.0 Å². The fourth-order valence-electron chi connectivity index (χ4n) is 3.31. The van der Waals surface area contributed by atoms with E-state index in [9.17, 15) is 0 Å². The largest absolute Gasteiger partial charge is 0.330 e. The minimum Gasteiger partial charge on any atom is -0.330 e. The SMILES string of the molecule is CC(C)C1CCC(CN)(Cc2ccncc2)CC1. The first-order valence-corrected chi connectivity index (χ1v) is 7.24. The number of hydrogen-bond acceptors (Lipinski definition) is 2. The first-order chi connectivity index (χ1) is 8.65. The van der Waals surface area contributed by atoms with Gasteiger partial charge in [-0.25, -0.2) is 0 Å². The van der Waals surface area contributed by atoms with Gasteiger partial charge in [-0.15, -0.1) is 0 Å². The maximum Gasteiger partial charge on any atom is 0.0270 e. The summed E-state index contributed by atoms with van der Waals surface area (Å²) in [6.07, 6.45) is 10.2. The van der Waals surface area contributed by atoms with Crippen LogP contribution in [0.3, 0.4) is 0 Å². The van der Waals surface area contributed by atoms with Crippen LogP contribution in [0.15, 0.2) is 24.5 Å². The van der Waals surface area contributed by atoms with Crippen LogP contribution < -0.4 is 5.73 Å². The van der Waals surface area contributed by atoms with Gasteiger partial charge in [-0.05, 0) is 73.6 Å². The second-order valence-corrected chi connectivity index (χ2v) is 6.32. The van der Waals surface area contributed by atoms with Crippen molar-refractivity contribution in [3.63, 3.8) is 0 Å². The van der Waals surface area contributed by atoms with Crippen LogP contribution in [0.25, 0.3) is 0 Å². The molecule has 2 N–H and O–H groups in total. The first kappa shape index (κ1) is 13.5. The number of hydrogen-bond donors (Lipinski definition) is 1. The Morgan fingerprint density at radius 2 is 1.89 bits per heavy atom. The van der Waals surface area contributed by atoms with Crippen molar-refractivity contribution < 1.29 is 0 Å². The van der Waals surface area contributed by atoms with E-state index < -0.39 is 0 Å². The predicted octanol–water partition coefficient (Wildman–Crippen LogP) is 3.42. The molecular weight excluding hydrogens is 220 g/mol. The first-order valence-electron chi connectivity index (χ1n) is 7.24. The van der Waals surface area contributed by atoms with Gasteiger partial charge in [0.1, 0.15) is 0 Å². The molecule has 1 aromatic heterocycles. The maximum atomic E-state index is 6.09. The van der Waals surface area contributed by atoms with Crippen LogP contribution >= 0.6 is 0 Å². The molecule has 2 nitrogen and oxygen atoms in total. The Morgan fingerprint density at radius 1 is 1.28 bits per heavy atom. The summed E-state index contributed by atoms with van der Waals surface area (Å²) in [6.45, 7) is 5.52. The molecule has 0 spiro atoms. The zero-order valence-electron chi connectivity index (χ0n) is 11.7. The zero-order valence-corrected chi connectivity index (χ0v) is 11.7. The molecule has 0 aromatic carbocycles. The quantitative estimate of drug-likeness (QED) is 0.884. The van der Waals surface area contributed by atoms with Crippen molar-refractivity contribution in [1.82, 2.24) is 4.98 Å². The molecule has 0 amide bonds. The number of nitrogens with zero attached hydrogens (tertiary/aromatic N) is 1. The van der Waals surface area contributed by atoms with E-state index in [1.54, 1.807) is 0 Å². The summed E-state index contributed by atoms with van der Waals surface area (Å²) >= 11 is 0. The lowest BCUT2D eigenvalue weighted by atomic mass is 9.65. The summed E-state index contributed by atoms with van der Waals surface area (Å²) in [4.78, 5) is 4.09. The Balaban J connectivity index is 2.00. The molecular formula is C16H26N2. The third-order valence-corrected chi connectivity index (χ3v) is 4.80. The Kier molecular flexibility index (Phi) is 4.39. The highest BCUT2D eigenvalue weighted by Gasteiger charge is 2.34. The Labute approximate surface area is 111 Å². The van der Waals surface area contributed by atoms with Crippen molar-refractivity contribution in [3.05, 3.63) is 30.1 Å². The van der Waals surface area contributed by atoms with Crippen LogP contribution in [0.4, 0.5) is 0 Å². The van der Waals surface area contributed by atoms with Crippen LogP contribution in [0.5, 0.6) is 0 Å². The van der Waals surface area contributed by atoms with Crippen LogP contribution in [0, 0.1) is 17.3 Å². The van der Waals surface area contributed by atoms with Gasteiger partial charge < -0.3 is 5.73 Å². The molecule has 1 saturated carbocycles. The topological polar surface area (TPSA) is 38.9 Å². The Hall–Kier alpha value is -0.890. The van der Waals surface area contributed by atoms with Gasteiger partial charge in [-0.2, -0.15) is 0 Å². The Morgan fingerprint density at radius 3 is 2.39 bits per heavy atom. The molecule has 0 saturated heterocycles. The molecule has 1 aliphatic rings. The normalized spacial score (nSPS) is 28.6. The van der Waals surface area contributed by atoms with Crippen molar-refractivity contribution >= 4 is 0 Å². The molecule has 0 aliphatic heterocycles. The smallest absolute Gasteiger partial charge is 0.0270 e. The van der Waals surface area contributed by atoms with Crippen LogP contribution in [0.2, 0.25) is 0 Å². The summed E-state index contributed by atoms with van der Waals surface area (Å²) in [6, 6.07) is 4.26. The standard InChI is InChI=1S/C16H26N2/c1-13(2)15-3-7-16(12-17,8-4-15)11-14-5-9-18-10-6-14/h5-6,9-10,13,15H,3-4,7-8,11-12,17H2,1-2H3. The maximum absolute atomic E-state index is 6.09. The molecule has 1 fully saturated rings. The van der Waals surface area contributed by atoms with Gasteiger partial charge in [0.25, 0.3) is 0 Å². The average Bonchev–Trinajstić information content (AvgIpc) is 2.40. The van der Waals surface area contributed by atoms with Crippen molar-refractivity contribution in [2.45, 2.75) is 46.0 Å². The van der Waals surface area contributed by atoms with E-state index in [2.05, 4.69) is 31.0 Å². The fraction of sp³-hybridized carbons (Fsp3) is 0.688. The van der Waals surface area contributed by atoms with Crippen molar-refractivity contribution in [2.75, 3.05) is 6.54 Å². The number of aromatic nitrogens is 1. The lowest BCUT2D eigenvalue weighted by molar-refractivity contribution is 0.132. The van der Waals surface area contributed by atoms with E-state index in [0.29, 0.717) is 5.41 Å². The van der Waals surface area contributed by atoms with E-state index in [4.69, 9.17) is 5.73 Å². The van der Waals surface area contributed by atoms with Gasteiger partial charge in [0.15, 0.2) is 0 Å². The summed E-state index contributed by atoms with van der Waals surface area (Å²) in [5.74, 6) is 1.73. The lowest BCUT2D eigenvalue weighted by Gasteiger charge is -2.41. The molecule has 1 aliphatic carbocycles. The molecule has 0 atom stereocenters. The van der Waals surface area contributed by atoms with Crippen molar-refractivity contribution in [1.29, 1.82) is 0 Å². The molecule has 1 aromatic rings. The van der Waals surface area contributed by atoms with Crippen LogP contribution in [-0.4, -0.2) is 11.5 Å². The van der Waals surface area contributed by atoms with E-state index in [0.717, 1.165) is 24.8 Å². The molecule has 18 heavy (non-hydrogen) atoms. The van der Waals surface area contributed by atoms with Gasteiger partial charge >= 0.3 is 0 Å². The van der Waals surface area contributed by atoms with Gasteiger partial charge in [0.2, 0.25) is 0 Å². The summed E-state index contributed by atoms with van der Waals surface area (Å²) < 4.78 is 0. The fourth-order valence-corrected chi connectivity index (χ4v) is 3.31. The summed E-state index contributed by atoms with van der Waals surface area (Å²) in [5, 5.41) is 0. The van der Waals surface area contributed by atoms with Gasteiger partial charge in [-0.1, -0.05) is 13.8 Å². The Bertz CT molecular complexity index is 351. The lowest BCUT2D eigenvalue weighted by Crippen LogP contribution is -2.37. The zero-order chi connectivity index (χ0) is 13.0. The molecule has 0 radical (unpaired) electrons.